The molecule has 0 radical (unpaired) electrons. The normalized spacial score (nSPS) is 8.45. The molecule has 0 aliphatic carbocycles. The van der Waals surface area contributed by atoms with E-state index in [0.717, 1.165) is 3.57 Å². The molecule has 0 amide bonds. The van der Waals surface area contributed by atoms with Crippen molar-refractivity contribution >= 4 is 28.6 Å². The minimum absolute atomic E-state index is 0. The van der Waals surface area contributed by atoms with Crippen molar-refractivity contribution in [1.82, 2.24) is 0 Å². The molecule has 1 aromatic rings. The standard InChI is InChI=1S/C7H5IO2.K.H/c8-6-3-1-5(2-4-6)7(9)10;;/h1-4H,(H,9,10);;/q;+1;-1. The van der Waals surface area contributed by atoms with Gasteiger partial charge in [0.05, 0.1) is 5.56 Å². The van der Waals surface area contributed by atoms with Crippen LogP contribution in [-0.4, -0.2) is 11.1 Å². The molecule has 4 heteroatoms. The fourth-order valence-electron chi connectivity index (χ4n) is 0.592. The summed E-state index contributed by atoms with van der Waals surface area (Å²) in [6.45, 7) is 0. The summed E-state index contributed by atoms with van der Waals surface area (Å²) in [5.41, 5.74) is 0.334. The van der Waals surface area contributed by atoms with Gasteiger partial charge in [-0.2, -0.15) is 0 Å². The van der Waals surface area contributed by atoms with Gasteiger partial charge < -0.3 is 6.53 Å². The second kappa shape index (κ2) is 5.66. The maximum absolute atomic E-state index is 10.3. The Labute approximate surface area is 122 Å². The zero-order chi connectivity index (χ0) is 7.56. The van der Waals surface area contributed by atoms with E-state index >= 15 is 0 Å². The number of hydrogen-bond donors (Lipinski definition) is 1. The second-order valence-electron chi connectivity index (χ2n) is 1.81. The van der Waals surface area contributed by atoms with E-state index in [1.54, 1.807) is 24.3 Å². The van der Waals surface area contributed by atoms with Crippen molar-refractivity contribution in [2.24, 2.45) is 0 Å². The van der Waals surface area contributed by atoms with Crippen LogP contribution in [0.2, 0.25) is 0 Å². The minimum atomic E-state index is -0.878. The number of halogens is 1. The third-order valence-corrected chi connectivity index (χ3v) is 1.81. The third-order valence-electron chi connectivity index (χ3n) is 1.09. The van der Waals surface area contributed by atoms with E-state index in [4.69, 9.17) is 5.11 Å². The van der Waals surface area contributed by atoms with Gasteiger partial charge >= 0.3 is 57.4 Å². The monoisotopic (exact) mass is 288 g/mol. The van der Waals surface area contributed by atoms with Crippen LogP contribution in [0.25, 0.3) is 0 Å². The van der Waals surface area contributed by atoms with Crippen LogP contribution in [0, 0.1) is 3.57 Å². The SMILES string of the molecule is O=C(O)c1ccc(I)cc1.[H-].[K+]. The van der Waals surface area contributed by atoms with E-state index in [1.165, 1.54) is 0 Å². The summed E-state index contributed by atoms with van der Waals surface area (Å²) in [7, 11) is 0. The minimum Gasteiger partial charge on any atom is -1.00 e. The van der Waals surface area contributed by atoms with Gasteiger partial charge in [0, 0.05) is 3.57 Å². The van der Waals surface area contributed by atoms with Crippen LogP contribution in [-0.2, 0) is 0 Å². The largest absolute Gasteiger partial charge is 1.00 e. The molecule has 0 bridgehead atoms. The summed E-state index contributed by atoms with van der Waals surface area (Å²) in [5, 5.41) is 8.47. The van der Waals surface area contributed by atoms with Crippen LogP contribution < -0.4 is 51.4 Å². The van der Waals surface area contributed by atoms with Crippen molar-refractivity contribution in [1.29, 1.82) is 0 Å². The zero-order valence-corrected chi connectivity index (χ0v) is 11.3. The Bertz CT molecular complexity index is 250. The van der Waals surface area contributed by atoms with Gasteiger partial charge in [-0.05, 0) is 46.9 Å². The average molecular weight is 288 g/mol. The number of rotatable bonds is 1. The van der Waals surface area contributed by atoms with Crippen LogP contribution in [0.4, 0.5) is 0 Å². The molecule has 54 valence electrons. The second-order valence-corrected chi connectivity index (χ2v) is 3.06. The van der Waals surface area contributed by atoms with Crippen LogP contribution in [0.3, 0.4) is 0 Å². The predicted octanol–water partition coefficient (Wildman–Crippen LogP) is -0.894. The molecule has 0 aromatic heterocycles. The summed E-state index contributed by atoms with van der Waals surface area (Å²) in [4.78, 5) is 10.3. The molecule has 0 atom stereocenters. The first-order valence-corrected chi connectivity index (χ1v) is 3.77. The topological polar surface area (TPSA) is 37.3 Å². The first kappa shape index (κ1) is 12.1. The molecule has 0 fully saturated rings. The van der Waals surface area contributed by atoms with E-state index < -0.39 is 5.97 Å². The Morgan fingerprint density at radius 3 is 2.18 bits per heavy atom. The first-order valence-electron chi connectivity index (χ1n) is 2.69. The third kappa shape index (κ3) is 4.00. The van der Waals surface area contributed by atoms with Gasteiger partial charge in [0.2, 0.25) is 0 Å². The number of carbonyl (C=O) groups is 1. The van der Waals surface area contributed by atoms with Crippen molar-refractivity contribution in [3.05, 3.63) is 33.4 Å². The maximum Gasteiger partial charge on any atom is 1.00 e. The summed E-state index contributed by atoms with van der Waals surface area (Å²) in [6, 6.07) is 6.71. The van der Waals surface area contributed by atoms with E-state index in [1.807, 2.05) is 0 Å². The average Bonchev–Trinajstić information content (AvgIpc) is 1.88. The van der Waals surface area contributed by atoms with Crippen LogP contribution in [0.1, 0.15) is 11.8 Å². The summed E-state index contributed by atoms with van der Waals surface area (Å²) >= 11 is 2.13. The molecule has 1 aromatic carbocycles. The molecule has 0 saturated carbocycles. The van der Waals surface area contributed by atoms with Crippen molar-refractivity contribution in [2.75, 3.05) is 0 Å². The molecule has 0 saturated heterocycles. The molecule has 0 spiro atoms. The molecule has 0 unspecified atom stereocenters. The smallest absolute Gasteiger partial charge is 1.00 e. The summed E-state index contributed by atoms with van der Waals surface area (Å²) in [5.74, 6) is -0.878. The Kier molecular flexibility index (Phi) is 6.20. The van der Waals surface area contributed by atoms with Gasteiger partial charge in [-0.3, -0.25) is 0 Å². The van der Waals surface area contributed by atoms with Gasteiger partial charge in [0.25, 0.3) is 0 Å². The Morgan fingerprint density at radius 2 is 1.82 bits per heavy atom. The molecule has 0 heterocycles. The maximum atomic E-state index is 10.3. The summed E-state index contributed by atoms with van der Waals surface area (Å²) < 4.78 is 1.04. The molecule has 1 N–H and O–H groups in total. The molecule has 11 heavy (non-hydrogen) atoms. The van der Waals surface area contributed by atoms with Gasteiger partial charge in [0.15, 0.2) is 0 Å². The zero-order valence-electron chi connectivity index (χ0n) is 7.04. The van der Waals surface area contributed by atoms with E-state index in [0.29, 0.717) is 5.56 Å². The van der Waals surface area contributed by atoms with Crippen molar-refractivity contribution in [3.8, 4) is 0 Å². The van der Waals surface area contributed by atoms with Crippen LogP contribution in [0.5, 0.6) is 0 Å². The van der Waals surface area contributed by atoms with E-state index in [9.17, 15) is 4.79 Å². The fraction of sp³-hybridized carbons (Fsp3) is 0. The predicted molar refractivity (Wildman–Crippen MR) is 47.2 cm³/mol. The Balaban J connectivity index is 0. The molecule has 2 nitrogen and oxygen atoms in total. The quantitative estimate of drug-likeness (QED) is 0.537. The van der Waals surface area contributed by atoms with Crippen molar-refractivity contribution in [3.63, 3.8) is 0 Å². The molecular weight excluding hydrogens is 282 g/mol. The van der Waals surface area contributed by atoms with Gasteiger partial charge in [-0.1, -0.05) is 0 Å². The van der Waals surface area contributed by atoms with Crippen molar-refractivity contribution in [2.45, 2.75) is 0 Å². The number of benzene rings is 1. The van der Waals surface area contributed by atoms with Crippen LogP contribution >= 0.6 is 22.6 Å². The van der Waals surface area contributed by atoms with Crippen molar-refractivity contribution < 1.29 is 62.7 Å². The van der Waals surface area contributed by atoms with Gasteiger partial charge in [0.1, 0.15) is 0 Å². The van der Waals surface area contributed by atoms with Crippen LogP contribution in [0.15, 0.2) is 24.3 Å². The number of carboxylic acids is 1. The van der Waals surface area contributed by atoms with E-state index in [2.05, 4.69) is 22.6 Å². The number of carboxylic acid groups (broad SMARTS) is 1. The molecule has 1 rings (SSSR count). The molecule has 0 aliphatic heterocycles. The summed E-state index contributed by atoms with van der Waals surface area (Å²) in [6.07, 6.45) is 0. The Hall–Kier alpha value is 1.06. The van der Waals surface area contributed by atoms with Gasteiger partial charge in [-0.25, -0.2) is 4.79 Å². The van der Waals surface area contributed by atoms with Gasteiger partial charge in [-0.15, -0.1) is 0 Å². The fourth-order valence-corrected chi connectivity index (χ4v) is 0.952. The molecule has 0 aliphatic rings. The first-order chi connectivity index (χ1) is 4.70. The molecular formula is C7H6IKO2. The van der Waals surface area contributed by atoms with E-state index in [-0.39, 0.29) is 52.8 Å². The Morgan fingerprint density at radius 1 is 1.36 bits per heavy atom. The number of hydrogen-bond acceptors (Lipinski definition) is 1. The number of aromatic carboxylic acids is 1.